The van der Waals surface area contributed by atoms with Gasteiger partial charge in [-0.25, -0.2) is 4.98 Å². The van der Waals surface area contributed by atoms with Crippen LogP contribution in [0.3, 0.4) is 0 Å². The normalized spacial score (nSPS) is 23.0. The first-order valence-corrected chi connectivity index (χ1v) is 9.55. The highest BCUT2D eigenvalue weighted by Crippen LogP contribution is 2.28. The molecule has 6 nitrogen and oxygen atoms in total. The summed E-state index contributed by atoms with van der Waals surface area (Å²) in [6.45, 7) is 11.4. The third-order valence-corrected chi connectivity index (χ3v) is 5.58. The Morgan fingerprint density at radius 2 is 2.00 bits per heavy atom. The molecule has 3 fully saturated rings. The van der Waals surface area contributed by atoms with Crippen molar-refractivity contribution < 1.29 is 4.79 Å². The molecule has 142 valence electrons. The van der Waals surface area contributed by atoms with Gasteiger partial charge in [-0.1, -0.05) is 11.6 Å². The second-order valence-electron chi connectivity index (χ2n) is 8.02. The molecule has 0 aliphatic carbocycles. The summed E-state index contributed by atoms with van der Waals surface area (Å²) < 4.78 is 0. The van der Waals surface area contributed by atoms with Gasteiger partial charge < -0.3 is 9.88 Å². The quantitative estimate of drug-likeness (QED) is 0.834. The number of hydrogen-bond acceptors (Lipinski definition) is 4. The number of carbonyl (C=O) groups excluding carboxylic acids is 1. The summed E-state index contributed by atoms with van der Waals surface area (Å²) in [6.07, 6.45) is 4.75. The summed E-state index contributed by atoms with van der Waals surface area (Å²) in [4.78, 5) is 36.6. The highest BCUT2D eigenvalue weighted by atomic mass is 16.2. The van der Waals surface area contributed by atoms with Crippen LogP contribution < -0.4 is 5.56 Å². The van der Waals surface area contributed by atoms with E-state index in [-0.39, 0.29) is 17.9 Å². The summed E-state index contributed by atoms with van der Waals surface area (Å²) in [5.74, 6) is 1.16. The van der Waals surface area contributed by atoms with Crippen LogP contribution in [0.15, 0.2) is 16.4 Å². The number of aryl methyl sites for hydroxylation is 2. The molecule has 3 saturated heterocycles. The van der Waals surface area contributed by atoms with E-state index in [0.29, 0.717) is 29.0 Å². The van der Waals surface area contributed by atoms with Gasteiger partial charge in [0.15, 0.2) is 0 Å². The standard InChI is InChI=1S/C20H30N4O2/c1-13(2)7-8-23-10-16-5-6-17(23)12-24(11-16)19(25)9-18-14(3)21-15(4)22-20(18)26/h7,16-17H,5-6,8-12H2,1-4H3,(H,21,22,26)/t16-,17-/m0/s1. The first-order chi connectivity index (χ1) is 12.3. The third-order valence-electron chi connectivity index (χ3n) is 5.58. The average molecular weight is 358 g/mol. The third kappa shape index (κ3) is 4.23. The van der Waals surface area contributed by atoms with E-state index in [9.17, 15) is 9.59 Å². The van der Waals surface area contributed by atoms with Crippen molar-refractivity contribution in [1.82, 2.24) is 19.8 Å². The Morgan fingerprint density at radius 3 is 2.69 bits per heavy atom. The van der Waals surface area contributed by atoms with Crippen molar-refractivity contribution >= 4 is 5.91 Å². The van der Waals surface area contributed by atoms with Gasteiger partial charge in [0, 0.05) is 43.5 Å². The van der Waals surface area contributed by atoms with Crippen molar-refractivity contribution in [1.29, 1.82) is 0 Å². The first-order valence-electron chi connectivity index (χ1n) is 9.55. The molecule has 4 heterocycles. The lowest BCUT2D eigenvalue weighted by atomic mass is 9.95. The zero-order chi connectivity index (χ0) is 18.8. The first kappa shape index (κ1) is 18.8. The number of fused-ring (bicyclic) bond motifs is 4. The number of amides is 1. The zero-order valence-corrected chi connectivity index (χ0v) is 16.3. The lowest BCUT2D eigenvalue weighted by molar-refractivity contribution is -0.130. The molecule has 3 aliphatic rings. The highest BCUT2D eigenvalue weighted by molar-refractivity contribution is 5.79. The molecular formula is C20H30N4O2. The summed E-state index contributed by atoms with van der Waals surface area (Å²) in [5.41, 5.74) is 2.30. The summed E-state index contributed by atoms with van der Waals surface area (Å²) in [6, 6.07) is 0.420. The van der Waals surface area contributed by atoms with Gasteiger partial charge in [0.1, 0.15) is 5.82 Å². The van der Waals surface area contributed by atoms with Gasteiger partial charge in [-0.3, -0.25) is 14.5 Å². The number of hydrogen-bond donors (Lipinski definition) is 1. The Balaban J connectivity index is 1.72. The summed E-state index contributed by atoms with van der Waals surface area (Å²) in [5, 5.41) is 0. The average Bonchev–Trinajstić information content (AvgIpc) is 2.87. The van der Waals surface area contributed by atoms with Gasteiger partial charge in [0.2, 0.25) is 5.91 Å². The van der Waals surface area contributed by atoms with Crippen LogP contribution >= 0.6 is 0 Å². The van der Waals surface area contributed by atoms with Crippen molar-refractivity contribution in [3.8, 4) is 0 Å². The van der Waals surface area contributed by atoms with Crippen molar-refractivity contribution in [2.45, 2.75) is 53.0 Å². The van der Waals surface area contributed by atoms with Gasteiger partial charge in [0.05, 0.1) is 6.42 Å². The number of allylic oxidation sites excluding steroid dienone is 1. The van der Waals surface area contributed by atoms with Gasteiger partial charge in [-0.2, -0.15) is 0 Å². The van der Waals surface area contributed by atoms with Crippen LogP contribution in [-0.4, -0.2) is 57.9 Å². The zero-order valence-electron chi connectivity index (χ0n) is 16.3. The van der Waals surface area contributed by atoms with Crippen LogP contribution in [0.1, 0.15) is 43.8 Å². The fraction of sp³-hybridized carbons (Fsp3) is 0.650. The number of rotatable bonds is 4. The molecular weight excluding hydrogens is 328 g/mol. The van der Waals surface area contributed by atoms with Crippen LogP contribution in [0.5, 0.6) is 0 Å². The van der Waals surface area contributed by atoms with Gasteiger partial charge in [-0.05, 0) is 46.5 Å². The predicted octanol–water partition coefficient (Wildman–Crippen LogP) is 1.82. The molecule has 4 rings (SSSR count). The molecule has 2 atom stereocenters. The van der Waals surface area contributed by atoms with E-state index in [1.165, 1.54) is 12.0 Å². The van der Waals surface area contributed by atoms with E-state index in [2.05, 4.69) is 34.8 Å². The second-order valence-corrected chi connectivity index (χ2v) is 8.02. The van der Waals surface area contributed by atoms with Crippen molar-refractivity contribution in [2.75, 3.05) is 26.2 Å². The number of aromatic nitrogens is 2. The van der Waals surface area contributed by atoms with Crippen molar-refractivity contribution in [3.63, 3.8) is 0 Å². The number of carbonyl (C=O) groups is 1. The highest BCUT2D eigenvalue weighted by Gasteiger charge is 2.36. The largest absolute Gasteiger partial charge is 0.341 e. The fourth-order valence-corrected chi connectivity index (χ4v) is 4.13. The van der Waals surface area contributed by atoms with E-state index in [1.54, 1.807) is 13.8 Å². The van der Waals surface area contributed by atoms with Crippen LogP contribution in [0.2, 0.25) is 0 Å². The van der Waals surface area contributed by atoms with E-state index in [1.807, 2.05) is 4.90 Å². The van der Waals surface area contributed by atoms with Crippen LogP contribution in [0, 0.1) is 19.8 Å². The van der Waals surface area contributed by atoms with Gasteiger partial charge >= 0.3 is 0 Å². The molecule has 6 heteroatoms. The molecule has 0 aromatic carbocycles. The topological polar surface area (TPSA) is 69.3 Å². The van der Waals surface area contributed by atoms with Crippen molar-refractivity contribution in [2.24, 2.45) is 5.92 Å². The number of piperidine rings is 1. The molecule has 1 N–H and O–H groups in total. The van der Waals surface area contributed by atoms with Crippen molar-refractivity contribution in [3.05, 3.63) is 39.1 Å². The van der Waals surface area contributed by atoms with E-state index >= 15 is 0 Å². The Hall–Kier alpha value is -1.95. The minimum Gasteiger partial charge on any atom is -0.341 e. The van der Waals surface area contributed by atoms with Crippen LogP contribution in [-0.2, 0) is 11.2 Å². The second kappa shape index (κ2) is 7.74. The van der Waals surface area contributed by atoms with E-state index < -0.39 is 0 Å². The van der Waals surface area contributed by atoms with Gasteiger partial charge in [0.25, 0.3) is 5.56 Å². The molecule has 1 aromatic rings. The molecule has 26 heavy (non-hydrogen) atoms. The summed E-state index contributed by atoms with van der Waals surface area (Å²) in [7, 11) is 0. The number of H-pyrrole nitrogens is 1. The molecule has 0 saturated carbocycles. The maximum atomic E-state index is 12.9. The van der Waals surface area contributed by atoms with Crippen LogP contribution in [0.25, 0.3) is 0 Å². The lowest BCUT2D eigenvalue weighted by Crippen LogP contribution is -2.44. The molecule has 1 aromatic heterocycles. The maximum Gasteiger partial charge on any atom is 0.254 e. The monoisotopic (exact) mass is 358 g/mol. The van der Waals surface area contributed by atoms with Gasteiger partial charge in [-0.15, -0.1) is 0 Å². The Bertz CT molecular complexity index is 764. The lowest BCUT2D eigenvalue weighted by Gasteiger charge is -2.35. The number of nitrogens with zero attached hydrogens (tertiary/aromatic N) is 3. The maximum absolute atomic E-state index is 12.9. The van der Waals surface area contributed by atoms with E-state index in [4.69, 9.17) is 0 Å². The Kier molecular flexibility index (Phi) is 5.61. The smallest absolute Gasteiger partial charge is 0.254 e. The van der Waals surface area contributed by atoms with E-state index in [0.717, 1.165) is 32.6 Å². The number of nitrogens with one attached hydrogen (secondary N) is 1. The number of aromatic amines is 1. The Morgan fingerprint density at radius 1 is 1.23 bits per heavy atom. The molecule has 1 amide bonds. The fourth-order valence-electron chi connectivity index (χ4n) is 4.13. The molecule has 3 aliphatic heterocycles. The molecule has 0 unspecified atom stereocenters. The molecule has 0 spiro atoms. The SMILES string of the molecule is CC(C)=CCN1C[C@@H]2CC[C@H]1CN(C(=O)Cc1c(C)nc(C)[nH]c1=O)C2. The minimum absolute atomic E-state index is 0.0465. The minimum atomic E-state index is -0.189. The summed E-state index contributed by atoms with van der Waals surface area (Å²) >= 11 is 0. The molecule has 2 bridgehead atoms. The Labute approximate surface area is 155 Å². The van der Waals surface area contributed by atoms with Crippen LogP contribution in [0.4, 0.5) is 0 Å². The molecule has 0 radical (unpaired) electrons. The predicted molar refractivity (Wildman–Crippen MR) is 102 cm³/mol.